The summed E-state index contributed by atoms with van der Waals surface area (Å²) in [6.07, 6.45) is 0. The normalized spacial score (nSPS) is 11.8. The third-order valence-electron chi connectivity index (χ3n) is 20.6. The summed E-state index contributed by atoms with van der Waals surface area (Å²) in [5.74, 6) is 4.90. The van der Waals surface area contributed by atoms with Crippen molar-refractivity contribution in [2.75, 3.05) is 10.2 Å². The fourth-order valence-electron chi connectivity index (χ4n) is 15.3. The highest BCUT2D eigenvalue weighted by Gasteiger charge is 2.28. The zero-order valence-electron chi connectivity index (χ0n) is 61.0. The molecule has 0 unspecified atom stereocenters. The van der Waals surface area contributed by atoms with Crippen LogP contribution in [-0.4, -0.2) is 29.1 Å². The Morgan fingerprint density at radius 3 is 1.12 bits per heavy atom. The number of rotatable bonds is 9. The minimum absolute atomic E-state index is 0.751. The SMILES string of the molecule is Cc1ccc2c(c1)Oc1cc(-c3ccc4c5ccccc5n(-c5ccccc5)c4c3)ccc1N2.Cc1ccc2c(c1)Oc1cc(-c3ccc4c5ccccc5n(-c5ccccc5)c4c3)ccc1N2c1ccc(-c2nc(C)nc(-c3ccccc3)c2C)cc1.Cc1nc(-c2ccccc2)c(C)c(-c2ccc(Br)cc2)n1. The lowest BCUT2D eigenvalue weighted by Gasteiger charge is -2.33. The van der Waals surface area contributed by atoms with Crippen LogP contribution in [0.3, 0.4) is 0 Å². The van der Waals surface area contributed by atoms with Crippen LogP contribution in [0.25, 0.3) is 122 Å². The molecular weight excluding hydrogens is 1400 g/mol. The van der Waals surface area contributed by atoms with Crippen molar-refractivity contribution in [3.8, 4) is 102 Å². The minimum atomic E-state index is 0.751. The number of aryl methyl sites for hydroxylation is 4. The number of hydrogen-bond acceptors (Lipinski definition) is 8. The molecule has 0 bridgehead atoms. The zero-order chi connectivity index (χ0) is 73.8. The largest absolute Gasteiger partial charge is 0.453 e. The van der Waals surface area contributed by atoms with Crippen molar-refractivity contribution in [3.63, 3.8) is 0 Å². The lowest BCUT2D eigenvalue weighted by atomic mass is 10.00. The number of benzene rings is 14. The maximum atomic E-state index is 6.71. The van der Waals surface area contributed by atoms with Crippen molar-refractivity contribution >= 4 is 88.0 Å². The molecule has 10 nitrogen and oxygen atoms in total. The lowest BCUT2D eigenvalue weighted by Crippen LogP contribution is -2.16. The Bertz CT molecular complexity index is 6520. The second-order valence-corrected chi connectivity index (χ2v) is 28.8. The number of ether oxygens (including phenoxy) is 2. The monoisotopic (exact) mass is 1470 g/mol. The van der Waals surface area contributed by atoms with E-state index in [4.69, 9.17) is 19.4 Å². The number of nitrogens with one attached hydrogen (secondary N) is 1. The first kappa shape index (κ1) is 67.4. The molecule has 20 rings (SSSR count). The predicted octanol–water partition coefficient (Wildman–Crippen LogP) is 26.9. The highest BCUT2D eigenvalue weighted by Crippen LogP contribution is 2.53. The van der Waals surface area contributed by atoms with Crippen LogP contribution in [0.4, 0.5) is 28.4 Å². The molecule has 6 heterocycles. The Hall–Kier alpha value is -13.5. The molecule has 524 valence electrons. The molecule has 4 aromatic heterocycles. The van der Waals surface area contributed by atoms with Gasteiger partial charge in [0.15, 0.2) is 23.0 Å². The third kappa shape index (κ3) is 12.9. The highest BCUT2D eigenvalue weighted by atomic mass is 79.9. The average molecular weight is 1470 g/mol. The second-order valence-electron chi connectivity index (χ2n) is 27.8. The molecule has 0 aliphatic carbocycles. The van der Waals surface area contributed by atoms with Crippen LogP contribution in [0.15, 0.2) is 332 Å². The zero-order valence-corrected chi connectivity index (χ0v) is 62.6. The maximum absolute atomic E-state index is 6.71. The number of halogens is 1. The standard InChI is InChI=1S/C49H36N4O.C31H22N2O.C18H15BrN2/c1-31-18-26-43-46(28-31)54-47-30-37(36-21-25-41-40-16-10-11-17-42(40)52(45(41)29-36)38-14-8-5-9-15-38)22-27-44(47)53(43)39-23-19-35(20-24-39)49-32(2)48(50-33(3)51-49)34-12-6-4-7-13-34;1-20-11-15-26-30(17-20)34-31-19-22(13-16-27(31)32-26)21-12-14-25-24-9-5-6-10-28(24)33(29(25)18-21)23-7-3-2-4-8-23;1-12-17(14-6-4-3-5-7-14)20-13(2)21-18(12)15-8-10-16(19)11-9-15/h4-30H,1-3H3;2-19,32H,1H3;3-11H,1-2H3. The van der Waals surface area contributed by atoms with E-state index in [1.165, 1.54) is 49.2 Å². The molecule has 0 atom stereocenters. The number of para-hydroxylation sites is 4. The summed E-state index contributed by atoms with van der Waals surface area (Å²) >= 11 is 3.47. The quantitative estimate of drug-likeness (QED) is 0.153. The van der Waals surface area contributed by atoms with E-state index in [9.17, 15) is 0 Å². The van der Waals surface area contributed by atoms with E-state index in [1.54, 1.807) is 0 Å². The molecule has 0 amide bonds. The fourth-order valence-corrected chi connectivity index (χ4v) is 15.6. The Balaban J connectivity index is 0.000000129. The van der Waals surface area contributed by atoms with E-state index in [0.29, 0.717) is 0 Å². The highest BCUT2D eigenvalue weighted by molar-refractivity contribution is 9.10. The van der Waals surface area contributed by atoms with Gasteiger partial charge in [0, 0.05) is 76.5 Å². The smallest absolute Gasteiger partial charge is 0.152 e. The molecule has 11 heteroatoms. The van der Waals surface area contributed by atoms with Gasteiger partial charge in [0.25, 0.3) is 0 Å². The van der Waals surface area contributed by atoms with Gasteiger partial charge in [-0.1, -0.05) is 222 Å². The van der Waals surface area contributed by atoms with Crippen molar-refractivity contribution < 1.29 is 9.47 Å². The molecule has 0 spiro atoms. The van der Waals surface area contributed by atoms with Crippen molar-refractivity contribution in [2.24, 2.45) is 0 Å². The van der Waals surface area contributed by atoms with Gasteiger partial charge in [-0.05, 0) is 196 Å². The number of nitrogens with zero attached hydrogens (tertiary/aromatic N) is 7. The first-order valence-corrected chi connectivity index (χ1v) is 37.5. The number of aromatic nitrogens is 6. The minimum Gasteiger partial charge on any atom is -0.453 e. The molecule has 2 aliphatic rings. The lowest BCUT2D eigenvalue weighted by molar-refractivity contribution is 0.477. The molecule has 0 saturated carbocycles. The molecule has 14 aromatic carbocycles. The van der Waals surface area contributed by atoms with Crippen molar-refractivity contribution in [1.29, 1.82) is 0 Å². The van der Waals surface area contributed by atoms with Crippen LogP contribution in [0.5, 0.6) is 23.0 Å². The number of anilines is 5. The fraction of sp³-hybridized carbons (Fsp3) is 0.0612. The number of fused-ring (bicyclic) bond motifs is 10. The summed E-state index contributed by atoms with van der Waals surface area (Å²) in [5, 5.41) is 8.48. The van der Waals surface area contributed by atoms with Gasteiger partial charge in [-0.15, -0.1) is 0 Å². The molecular formula is C98H73BrN8O2. The predicted molar refractivity (Wildman–Crippen MR) is 452 cm³/mol. The Kier molecular flexibility index (Phi) is 17.6. The Morgan fingerprint density at radius 2 is 0.615 bits per heavy atom. The summed E-state index contributed by atoms with van der Waals surface area (Å²) in [6, 6.07) is 115. The van der Waals surface area contributed by atoms with Gasteiger partial charge in [0.2, 0.25) is 0 Å². The van der Waals surface area contributed by atoms with Crippen LogP contribution in [0, 0.1) is 41.5 Å². The van der Waals surface area contributed by atoms with Crippen LogP contribution < -0.4 is 19.7 Å². The maximum Gasteiger partial charge on any atom is 0.152 e. The van der Waals surface area contributed by atoms with E-state index < -0.39 is 0 Å². The van der Waals surface area contributed by atoms with Crippen LogP contribution >= 0.6 is 15.9 Å². The summed E-state index contributed by atoms with van der Waals surface area (Å²) in [4.78, 5) is 21.3. The molecule has 109 heavy (non-hydrogen) atoms. The topological polar surface area (TPSA) is 95.2 Å². The van der Waals surface area contributed by atoms with Crippen molar-refractivity contribution in [3.05, 3.63) is 366 Å². The van der Waals surface area contributed by atoms with E-state index in [-0.39, 0.29) is 0 Å². The summed E-state index contributed by atoms with van der Waals surface area (Å²) in [7, 11) is 0. The van der Waals surface area contributed by atoms with Crippen LogP contribution in [0.1, 0.15) is 33.9 Å². The first-order chi connectivity index (χ1) is 53.4. The second kappa shape index (κ2) is 28.4. The van der Waals surface area contributed by atoms with Crippen LogP contribution in [-0.2, 0) is 0 Å². The van der Waals surface area contributed by atoms with Crippen LogP contribution in [0.2, 0.25) is 0 Å². The average Bonchev–Trinajstić information content (AvgIpc) is 1.72. The van der Waals surface area contributed by atoms with Gasteiger partial charge in [0.1, 0.15) is 11.6 Å². The molecule has 1 N–H and O–H groups in total. The van der Waals surface area contributed by atoms with E-state index in [2.05, 4.69) is 352 Å². The summed E-state index contributed by atoms with van der Waals surface area (Å²) in [5.41, 5.74) is 29.4. The van der Waals surface area contributed by atoms with E-state index >= 15 is 0 Å². The number of hydrogen-bond donors (Lipinski definition) is 1. The van der Waals surface area contributed by atoms with Gasteiger partial charge in [-0.25, -0.2) is 19.9 Å². The summed E-state index contributed by atoms with van der Waals surface area (Å²) < 4.78 is 18.8. The summed E-state index contributed by atoms with van der Waals surface area (Å²) in [6.45, 7) is 12.3. The van der Waals surface area contributed by atoms with E-state index in [1.807, 2.05) is 62.4 Å². The Morgan fingerprint density at radius 1 is 0.275 bits per heavy atom. The van der Waals surface area contributed by atoms with Gasteiger partial charge < -0.3 is 28.8 Å². The first-order valence-electron chi connectivity index (χ1n) is 36.7. The molecule has 2 aliphatic heterocycles. The molecule has 0 radical (unpaired) electrons. The van der Waals surface area contributed by atoms with Crippen molar-refractivity contribution in [1.82, 2.24) is 29.1 Å². The molecule has 0 saturated heterocycles. The molecule has 0 fully saturated rings. The Labute approximate surface area is 641 Å². The van der Waals surface area contributed by atoms with Gasteiger partial charge in [0.05, 0.1) is 67.6 Å². The molecule has 18 aromatic rings. The van der Waals surface area contributed by atoms with Gasteiger partial charge >= 0.3 is 0 Å². The van der Waals surface area contributed by atoms with Crippen molar-refractivity contribution in [2.45, 2.75) is 41.5 Å². The third-order valence-corrected chi connectivity index (χ3v) is 21.1. The van der Waals surface area contributed by atoms with Gasteiger partial charge in [-0.3, -0.25) is 0 Å². The van der Waals surface area contributed by atoms with Gasteiger partial charge in [-0.2, -0.15) is 0 Å². The van der Waals surface area contributed by atoms with E-state index in [0.717, 1.165) is 163 Å².